The summed E-state index contributed by atoms with van der Waals surface area (Å²) in [5.74, 6) is 0.696. The van der Waals surface area contributed by atoms with Crippen LogP contribution in [0.25, 0.3) is 0 Å². The molecule has 1 fully saturated rings. The summed E-state index contributed by atoms with van der Waals surface area (Å²) in [7, 11) is 1.69. The first kappa shape index (κ1) is 21.8. The maximum absolute atomic E-state index is 12.0. The summed E-state index contributed by atoms with van der Waals surface area (Å²) >= 11 is 0. The van der Waals surface area contributed by atoms with E-state index >= 15 is 0 Å². The van der Waals surface area contributed by atoms with Gasteiger partial charge in [-0.15, -0.1) is 24.0 Å². The number of aliphatic imine (C=N–C) groups is 1. The largest absolute Gasteiger partial charge is 0.389 e. The van der Waals surface area contributed by atoms with Gasteiger partial charge in [0, 0.05) is 26.6 Å². The van der Waals surface area contributed by atoms with Crippen LogP contribution in [0.1, 0.15) is 58.3 Å². The Morgan fingerprint density at radius 1 is 1.14 bits per heavy atom. The predicted molar refractivity (Wildman–Crippen MR) is 95.9 cm³/mol. The lowest BCUT2D eigenvalue weighted by Crippen LogP contribution is -2.43. The van der Waals surface area contributed by atoms with Gasteiger partial charge in [0.15, 0.2) is 5.96 Å². The van der Waals surface area contributed by atoms with E-state index in [0.29, 0.717) is 24.3 Å². The average Bonchev–Trinajstić information content (AvgIpc) is 2.90. The maximum Gasteiger partial charge on any atom is 0.389 e. The molecule has 0 saturated heterocycles. The minimum atomic E-state index is -4.05. The zero-order valence-corrected chi connectivity index (χ0v) is 15.9. The summed E-state index contributed by atoms with van der Waals surface area (Å²) in [5.41, 5.74) is 0.369. The minimum absolute atomic E-state index is 0. The Hall–Kier alpha value is -0.210. The monoisotopic (exact) mass is 435 g/mol. The van der Waals surface area contributed by atoms with Gasteiger partial charge >= 0.3 is 6.18 Å². The van der Waals surface area contributed by atoms with Crippen LogP contribution in [0.5, 0.6) is 0 Å². The molecule has 1 aliphatic carbocycles. The number of unbranched alkanes of at least 4 members (excludes halogenated alkanes) is 1. The van der Waals surface area contributed by atoms with Gasteiger partial charge in [0.2, 0.25) is 0 Å². The summed E-state index contributed by atoms with van der Waals surface area (Å²) < 4.78 is 36.1. The van der Waals surface area contributed by atoms with Gasteiger partial charge in [-0.25, -0.2) is 0 Å². The van der Waals surface area contributed by atoms with Gasteiger partial charge in [0.25, 0.3) is 0 Å². The van der Waals surface area contributed by atoms with E-state index in [9.17, 15) is 13.2 Å². The van der Waals surface area contributed by atoms with Crippen LogP contribution < -0.4 is 10.6 Å². The van der Waals surface area contributed by atoms with Crippen molar-refractivity contribution in [2.24, 2.45) is 10.4 Å². The zero-order chi connectivity index (χ0) is 15.8. The first-order valence-electron chi connectivity index (χ1n) is 7.92. The van der Waals surface area contributed by atoms with Crippen molar-refractivity contribution in [2.75, 3.05) is 20.1 Å². The molecule has 0 amide bonds. The van der Waals surface area contributed by atoms with Gasteiger partial charge in [0.05, 0.1) is 0 Å². The van der Waals surface area contributed by atoms with E-state index in [2.05, 4.69) is 22.5 Å². The molecule has 7 heteroatoms. The van der Waals surface area contributed by atoms with Crippen LogP contribution in [-0.4, -0.2) is 32.3 Å². The van der Waals surface area contributed by atoms with E-state index < -0.39 is 12.6 Å². The van der Waals surface area contributed by atoms with Gasteiger partial charge < -0.3 is 10.6 Å². The highest BCUT2D eigenvalue weighted by atomic mass is 127. The van der Waals surface area contributed by atoms with Crippen molar-refractivity contribution >= 4 is 29.9 Å². The fourth-order valence-electron chi connectivity index (χ4n) is 2.93. The molecule has 1 aliphatic rings. The van der Waals surface area contributed by atoms with E-state index in [-0.39, 0.29) is 30.4 Å². The second-order valence-electron chi connectivity index (χ2n) is 5.99. The number of nitrogens with one attached hydrogen (secondary N) is 2. The van der Waals surface area contributed by atoms with Crippen LogP contribution in [0, 0.1) is 5.41 Å². The molecule has 0 aliphatic heterocycles. The van der Waals surface area contributed by atoms with Crippen LogP contribution in [0.4, 0.5) is 13.2 Å². The van der Waals surface area contributed by atoms with Gasteiger partial charge in [-0.05, 0) is 37.5 Å². The molecule has 0 atom stereocenters. The fourth-order valence-corrected chi connectivity index (χ4v) is 2.93. The molecule has 0 aromatic carbocycles. The van der Waals surface area contributed by atoms with Gasteiger partial charge in [-0.2, -0.15) is 13.2 Å². The molecule has 0 unspecified atom stereocenters. The number of guanidine groups is 1. The number of alkyl halides is 3. The van der Waals surface area contributed by atoms with Crippen LogP contribution >= 0.6 is 24.0 Å². The zero-order valence-electron chi connectivity index (χ0n) is 13.6. The Morgan fingerprint density at radius 3 is 2.27 bits per heavy atom. The van der Waals surface area contributed by atoms with E-state index in [4.69, 9.17) is 0 Å². The molecule has 1 rings (SSSR count). The highest BCUT2D eigenvalue weighted by Gasteiger charge is 2.31. The molecule has 2 N–H and O–H groups in total. The number of rotatable bonds is 7. The fraction of sp³-hybridized carbons (Fsp3) is 0.933. The van der Waals surface area contributed by atoms with Crippen molar-refractivity contribution in [3.63, 3.8) is 0 Å². The number of nitrogens with zero attached hydrogens (tertiary/aromatic N) is 1. The van der Waals surface area contributed by atoms with Crippen molar-refractivity contribution in [3.8, 4) is 0 Å². The van der Waals surface area contributed by atoms with Gasteiger partial charge in [-0.3, -0.25) is 4.99 Å². The Bertz CT molecular complexity index is 326. The average molecular weight is 435 g/mol. The molecule has 0 bridgehead atoms. The van der Waals surface area contributed by atoms with Crippen molar-refractivity contribution in [2.45, 2.75) is 64.5 Å². The summed E-state index contributed by atoms with van der Waals surface area (Å²) in [5, 5.41) is 6.42. The Morgan fingerprint density at radius 2 is 1.77 bits per heavy atom. The Kier molecular flexibility index (Phi) is 10.4. The molecular formula is C15H29F3IN3. The first-order valence-corrected chi connectivity index (χ1v) is 7.92. The SMILES string of the molecule is CCC1(CNC(=NC)NCCCCC(F)(F)F)CCCC1.I. The van der Waals surface area contributed by atoms with E-state index in [0.717, 1.165) is 13.0 Å². The third-order valence-corrected chi connectivity index (χ3v) is 4.45. The summed E-state index contributed by atoms with van der Waals surface area (Å²) in [6, 6.07) is 0. The van der Waals surface area contributed by atoms with Gasteiger partial charge in [-0.1, -0.05) is 19.8 Å². The lowest BCUT2D eigenvalue weighted by molar-refractivity contribution is -0.135. The topological polar surface area (TPSA) is 36.4 Å². The third kappa shape index (κ3) is 8.43. The standard InChI is InChI=1S/C15H28F3N3.HI/c1-3-14(8-4-5-9-14)12-21-13(19-2)20-11-7-6-10-15(16,17)18;/h3-12H2,1-2H3,(H2,19,20,21);1H. The van der Waals surface area contributed by atoms with Crippen molar-refractivity contribution in [3.05, 3.63) is 0 Å². The van der Waals surface area contributed by atoms with Crippen molar-refractivity contribution in [1.29, 1.82) is 0 Å². The first-order chi connectivity index (χ1) is 9.91. The smallest absolute Gasteiger partial charge is 0.356 e. The van der Waals surface area contributed by atoms with Crippen molar-refractivity contribution < 1.29 is 13.2 Å². The summed E-state index contributed by atoms with van der Waals surface area (Å²) in [6.07, 6.45) is 2.14. The molecular weight excluding hydrogens is 406 g/mol. The molecule has 0 spiro atoms. The Labute approximate surface area is 148 Å². The van der Waals surface area contributed by atoms with E-state index in [1.807, 2.05) is 0 Å². The van der Waals surface area contributed by atoms with Crippen LogP contribution in [-0.2, 0) is 0 Å². The lowest BCUT2D eigenvalue weighted by Gasteiger charge is -2.28. The van der Waals surface area contributed by atoms with E-state index in [1.54, 1.807) is 7.05 Å². The number of hydrogen-bond acceptors (Lipinski definition) is 1. The molecule has 0 aromatic heterocycles. The molecule has 3 nitrogen and oxygen atoms in total. The molecule has 1 saturated carbocycles. The summed E-state index contributed by atoms with van der Waals surface area (Å²) in [6.45, 7) is 3.64. The second kappa shape index (κ2) is 10.5. The van der Waals surface area contributed by atoms with Crippen LogP contribution in [0.3, 0.4) is 0 Å². The van der Waals surface area contributed by atoms with Crippen LogP contribution in [0.15, 0.2) is 4.99 Å². The molecule has 0 radical (unpaired) electrons. The van der Waals surface area contributed by atoms with Gasteiger partial charge in [0.1, 0.15) is 0 Å². The molecule has 0 aromatic rings. The third-order valence-electron chi connectivity index (χ3n) is 4.45. The van der Waals surface area contributed by atoms with E-state index in [1.165, 1.54) is 25.7 Å². The molecule has 132 valence electrons. The lowest BCUT2D eigenvalue weighted by atomic mass is 9.83. The van der Waals surface area contributed by atoms with Crippen molar-refractivity contribution in [1.82, 2.24) is 10.6 Å². The normalized spacial score (nSPS) is 18.0. The highest BCUT2D eigenvalue weighted by molar-refractivity contribution is 14.0. The number of hydrogen-bond donors (Lipinski definition) is 2. The second-order valence-corrected chi connectivity index (χ2v) is 5.99. The number of halogens is 4. The molecule has 22 heavy (non-hydrogen) atoms. The summed E-state index contributed by atoms with van der Waals surface area (Å²) in [4.78, 5) is 4.13. The highest BCUT2D eigenvalue weighted by Crippen LogP contribution is 2.40. The maximum atomic E-state index is 12.0. The Balaban J connectivity index is 0.00000441. The quantitative estimate of drug-likeness (QED) is 0.268. The molecule has 0 heterocycles. The van der Waals surface area contributed by atoms with Crippen LogP contribution in [0.2, 0.25) is 0 Å². The minimum Gasteiger partial charge on any atom is -0.356 e. The predicted octanol–water partition coefficient (Wildman–Crippen LogP) is 4.47.